The van der Waals surface area contributed by atoms with Crippen LogP contribution in [0.5, 0.6) is 0 Å². The molecule has 2 aliphatic rings. The first kappa shape index (κ1) is 23.4. The van der Waals surface area contributed by atoms with E-state index in [0.717, 1.165) is 48.2 Å². The Hall–Kier alpha value is -4.01. The van der Waals surface area contributed by atoms with Gasteiger partial charge in [0, 0.05) is 50.3 Å². The van der Waals surface area contributed by atoms with E-state index in [1.165, 1.54) is 12.8 Å². The van der Waals surface area contributed by atoms with E-state index < -0.39 is 0 Å². The van der Waals surface area contributed by atoms with E-state index in [-0.39, 0.29) is 17.7 Å². The fraction of sp³-hybridized carbons (Fsp3) is 0.393. The molecule has 2 aliphatic heterocycles. The van der Waals surface area contributed by atoms with E-state index in [1.807, 2.05) is 58.0 Å². The minimum atomic E-state index is -0.140. The molecule has 0 radical (unpaired) electrons. The molecule has 0 aliphatic carbocycles. The van der Waals surface area contributed by atoms with Crippen LogP contribution in [0.1, 0.15) is 50.3 Å². The minimum Gasteiger partial charge on any atom is -0.343 e. The van der Waals surface area contributed by atoms with Crippen molar-refractivity contribution in [3.63, 3.8) is 0 Å². The van der Waals surface area contributed by atoms with E-state index in [4.69, 9.17) is 4.52 Å². The van der Waals surface area contributed by atoms with Crippen molar-refractivity contribution < 1.29 is 14.1 Å². The SMILES string of the molecule is O=C(CCn1cnc2cc(-c3noc(C4CC(=O)N(c5ccccc5)C4)n3)ccc21)N1CCCCCC1. The molecule has 2 saturated heterocycles. The normalized spacial score (nSPS) is 18.5. The van der Waals surface area contributed by atoms with Gasteiger partial charge in [0.1, 0.15) is 0 Å². The zero-order valence-corrected chi connectivity index (χ0v) is 20.8. The van der Waals surface area contributed by atoms with Gasteiger partial charge in [-0.1, -0.05) is 36.2 Å². The Labute approximate surface area is 215 Å². The highest BCUT2D eigenvalue weighted by atomic mass is 16.5. The van der Waals surface area contributed by atoms with Crippen LogP contribution in [-0.4, -0.2) is 56.0 Å². The van der Waals surface area contributed by atoms with Crippen molar-refractivity contribution in [3.05, 3.63) is 60.7 Å². The van der Waals surface area contributed by atoms with E-state index in [9.17, 15) is 9.59 Å². The summed E-state index contributed by atoms with van der Waals surface area (Å²) in [5.41, 5.74) is 3.47. The molecule has 0 N–H and O–H groups in total. The number of fused-ring (bicyclic) bond motifs is 1. The Kier molecular flexibility index (Phi) is 6.42. The molecule has 0 saturated carbocycles. The number of amides is 2. The zero-order chi connectivity index (χ0) is 25.2. The zero-order valence-electron chi connectivity index (χ0n) is 20.8. The summed E-state index contributed by atoms with van der Waals surface area (Å²) >= 11 is 0. The molecule has 2 aromatic carbocycles. The van der Waals surface area contributed by atoms with Gasteiger partial charge < -0.3 is 18.9 Å². The second kappa shape index (κ2) is 10.2. The maximum atomic E-state index is 12.7. The lowest BCUT2D eigenvalue weighted by Crippen LogP contribution is -2.32. The number of aryl methyl sites for hydroxylation is 1. The third-order valence-electron chi connectivity index (χ3n) is 7.39. The Bertz CT molecular complexity index is 1400. The number of hydrogen-bond donors (Lipinski definition) is 0. The summed E-state index contributed by atoms with van der Waals surface area (Å²) in [6, 6.07) is 15.5. The third-order valence-corrected chi connectivity index (χ3v) is 7.39. The number of carbonyl (C=O) groups excluding carboxylic acids is 2. The second-order valence-corrected chi connectivity index (χ2v) is 9.88. The topological polar surface area (TPSA) is 97.4 Å². The van der Waals surface area contributed by atoms with E-state index >= 15 is 0 Å². The molecule has 6 rings (SSSR count). The van der Waals surface area contributed by atoms with Crippen LogP contribution in [0.25, 0.3) is 22.4 Å². The molecule has 9 heteroatoms. The molecule has 2 fully saturated rings. The molecule has 190 valence electrons. The Balaban J connectivity index is 1.13. The van der Waals surface area contributed by atoms with Crippen LogP contribution >= 0.6 is 0 Å². The molecule has 0 bridgehead atoms. The quantitative estimate of drug-likeness (QED) is 0.391. The first-order valence-corrected chi connectivity index (χ1v) is 13.1. The summed E-state index contributed by atoms with van der Waals surface area (Å²) < 4.78 is 7.60. The Morgan fingerprint density at radius 1 is 1.03 bits per heavy atom. The standard InChI is InChI=1S/C28H30N6O3/c35-25(32-13-6-1-2-7-14-32)12-15-33-19-29-23-16-20(10-11-24(23)33)27-30-28(37-31-27)21-17-26(36)34(18-21)22-8-4-3-5-9-22/h3-5,8-11,16,19,21H,1-2,6-7,12-15,17-18H2. The van der Waals surface area contributed by atoms with Gasteiger partial charge in [-0.05, 0) is 43.2 Å². The molecule has 37 heavy (non-hydrogen) atoms. The number of nitrogens with zero attached hydrogens (tertiary/aromatic N) is 6. The van der Waals surface area contributed by atoms with Crippen LogP contribution < -0.4 is 4.90 Å². The largest absolute Gasteiger partial charge is 0.343 e. The maximum Gasteiger partial charge on any atom is 0.232 e. The number of benzene rings is 2. The number of hydrogen-bond acceptors (Lipinski definition) is 6. The van der Waals surface area contributed by atoms with Crippen LogP contribution in [0.2, 0.25) is 0 Å². The van der Waals surface area contributed by atoms with Gasteiger partial charge in [0.05, 0.1) is 23.3 Å². The monoisotopic (exact) mass is 498 g/mol. The molecule has 4 aromatic rings. The summed E-state index contributed by atoms with van der Waals surface area (Å²) in [6.45, 7) is 2.87. The molecule has 2 amide bonds. The lowest BCUT2D eigenvalue weighted by Gasteiger charge is -2.20. The van der Waals surface area contributed by atoms with Crippen molar-refractivity contribution in [2.24, 2.45) is 0 Å². The van der Waals surface area contributed by atoms with Crippen molar-refractivity contribution in [1.82, 2.24) is 24.6 Å². The third kappa shape index (κ3) is 4.85. The molecule has 1 atom stereocenters. The number of rotatable bonds is 6. The number of para-hydroxylation sites is 1. The first-order valence-electron chi connectivity index (χ1n) is 13.1. The van der Waals surface area contributed by atoms with Crippen molar-refractivity contribution in [2.45, 2.75) is 51.0 Å². The fourth-order valence-electron chi connectivity index (χ4n) is 5.32. The summed E-state index contributed by atoms with van der Waals surface area (Å²) in [6.07, 6.45) is 7.23. The molecule has 2 aromatic heterocycles. The smallest absolute Gasteiger partial charge is 0.232 e. The number of imidazole rings is 1. The lowest BCUT2D eigenvalue weighted by atomic mass is 10.1. The van der Waals surface area contributed by atoms with Gasteiger partial charge in [0.15, 0.2) is 0 Å². The van der Waals surface area contributed by atoms with Crippen LogP contribution in [0.15, 0.2) is 59.4 Å². The van der Waals surface area contributed by atoms with E-state index in [2.05, 4.69) is 15.1 Å². The van der Waals surface area contributed by atoms with E-state index in [1.54, 1.807) is 11.2 Å². The lowest BCUT2D eigenvalue weighted by molar-refractivity contribution is -0.131. The van der Waals surface area contributed by atoms with Crippen LogP contribution in [0.4, 0.5) is 5.69 Å². The second-order valence-electron chi connectivity index (χ2n) is 9.88. The van der Waals surface area contributed by atoms with E-state index in [0.29, 0.717) is 37.6 Å². The van der Waals surface area contributed by atoms with Crippen LogP contribution in [0.3, 0.4) is 0 Å². The number of anilines is 1. The molecule has 1 unspecified atom stereocenters. The Morgan fingerprint density at radius 2 is 1.84 bits per heavy atom. The number of likely N-dealkylation sites (tertiary alicyclic amines) is 1. The number of aromatic nitrogens is 4. The van der Waals surface area contributed by atoms with Gasteiger partial charge in [0.25, 0.3) is 0 Å². The summed E-state index contributed by atoms with van der Waals surface area (Å²) in [5, 5.41) is 4.19. The summed E-state index contributed by atoms with van der Waals surface area (Å²) in [5.74, 6) is 1.08. The average Bonchev–Trinajstić information content (AvgIpc) is 3.61. The van der Waals surface area contributed by atoms with Crippen LogP contribution in [0, 0.1) is 0 Å². The molecule has 4 heterocycles. The molecular formula is C28H30N6O3. The molecule has 9 nitrogen and oxygen atoms in total. The van der Waals surface area contributed by atoms with Gasteiger partial charge in [0.2, 0.25) is 23.5 Å². The van der Waals surface area contributed by atoms with Crippen molar-refractivity contribution in [3.8, 4) is 11.4 Å². The maximum absolute atomic E-state index is 12.7. The fourth-order valence-corrected chi connectivity index (χ4v) is 5.32. The van der Waals surface area contributed by atoms with Crippen molar-refractivity contribution in [1.29, 1.82) is 0 Å². The summed E-state index contributed by atoms with van der Waals surface area (Å²) in [7, 11) is 0. The number of carbonyl (C=O) groups is 2. The Morgan fingerprint density at radius 3 is 2.65 bits per heavy atom. The van der Waals surface area contributed by atoms with Crippen molar-refractivity contribution in [2.75, 3.05) is 24.5 Å². The first-order chi connectivity index (χ1) is 18.2. The minimum absolute atomic E-state index is 0.0530. The average molecular weight is 499 g/mol. The van der Waals surface area contributed by atoms with Gasteiger partial charge in [-0.15, -0.1) is 0 Å². The summed E-state index contributed by atoms with van der Waals surface area (Å²) in [4.78, 5) is 38.2. The van der Waals surface area contributed by atoms with Gasteiger partial charge in [-0.25, -0.2) is 4.98 Å². The highest BCUT2D eigenvalue weighted by Gasteiger charge is 2.35. The molecular weight excluding hydrogens is 468 g/mol. The predicted octanol–water partition coefficient (Wildman–Crippen LogP) is 4.40. The van der Waals surface area contributed by atoms with Gasteiger partial charge >= 0.3 is 0 Å². The highest BCUT2D eigenvalue weighted by molar-refractivity contribution is 5.96. The van der Waals surface area contributed by atoms with Crippen LogP contribution in [-0.2, 0) is 16.1 Å². The van der Waals surface area contributed by atoms with Crippen molar-refractivity contribution >= 4 is 28.5 Å². The van der Waals surface area contributed by atoms with Gasteiger partial charge in [-0.2, -0.15) is 4.98 Å². The molecule has 0 spiro atoms. The van der Waals surface area contributed by atoms with Gasteiger partial charge in [-0.3, -0.25) is 9.59 Å². The highest BCUT2D eigenvalue weighted by Crippen LogP contribution is 2.32. The predicted molar refractivity (Wildman–Crippen MR) is 139 cm³/mol.